The molecule has 33 heavy (non-hydrogen) atoms. The first-order valence-corrected chi connectivity index (χ1v) is 11.8. The maximum absolute atomic E-state index is 13.6. The number of amides is 1. The molecule has 166 valence electrons. The molecule has 0 radical (unpaired) electrons. The van der Waals surface area contributed by atoms with Crippen LogP contribution in [0.1, 0.15) is 16.7 Å². The second kappa shape index (κ2) is 7.31. The first-order valence-electron chi connectivity index (χ1n) is 10.3. The lowest BCUT2D eigenvalue weighted by Gasteiger charge is -2.21. The van der Waals surface area contributed by atoms with E-state index in [1.165, 1.54) is 35.2 Å². The highest BCUT2D eigenvalue weighted by molar-refractivity contribution is 7.92. The van der Waals surface area contributed by atoms with Gasteiger partial charge in [-0.25, -0.2) is 13.2 Å². The number of carbonyl (C=O) groups excluding carboxylic acids is 2. The van der Waals surface area contributed by atoms with Crippen LogP contribution in [0.25, 0.3) is 0 Å². The Bertz CT molecular complexity index is 1430. The maximum atomic E-state index is 13.6. The van der Waals surface area contributed by atoms with Gasteiger partial charge in [0.05, 0.1) is 4.90 Å². The topological polar surface area (TPSA) is 92.8 Å². The number of nitrogens with zero attached hydrogens (tertiary/aromatic N) is 1. The summed E-state index contributed by atoms with van der Waals surface area (Å²) in [7, 11) is -3.87. The van der Waals surface area contributed by atoms with Gasteiger partial charge in [-0.3, -0.25) is 9.52 Å². The Hall–Kier alpha value is -3.91. The van der Waals surface area contributed by atoms with Gasteiger partial charge in [-0.2, -0.15) is 0 Å². The van der Waals surface area contributed by atoms with Gasteiger partial charge < -0.3 is 9.64 Å². The smallest absolute Gasteiger partial charge is 0.336 e. The van der Waals surface area contributed by atoms with Crippen LogP contribution < -0.4 is 14.4 Å². The zero-order valence-corrected chi connectivity index (χ0v) is 18.6. The Balaban J connectivity index is 1.62. The minimum Gasteiger partial charge on any atom is -0.425 e. The summed E-state index contributed by atoms with van der Waals surface area (Å²) >= 11 is 0. The van der Waals surface area contributed by atoms with E-state index in [0.717, 1.165) is 5.56 Å². The standard InChI is InChI=1S/C25H20N2O5S/c1-3-14-27-21-7-5-4-6-19(21)25(23(27)28)20-15-17(10-13-22(20)32-24(25)29)26-33(30,31)18-11-8-16(2)9-12-18/h3-13,15,26H,1,14H2,2H3/t25-/m1/s1. The van der Waals surface area contributed by atoms with E-state index >= 15 is 0 Å². The summed E-state index contributed by atoms with van der Waals surface area (Å²) in [5.74, 6) is -0.937. The molecule has 0 saturated carbocycles. The third kappa shape index (κ3) is 2.98. The molecule has 1 atom stereocenters. The number of benzene rings is 3. The van der Waals surface area contributed by atoms with E-state index in [-0.39, 0.29) is 22.9 Å². The SMILES string of the molecule is C=CCN1C(=O)[C@@]2(C(=O)Oc3ccc(NS(=O)(=O)c4ccc(C)cc4)cc32)c2ccccc21. The van der Waals surface area contributed by atoms with Gasteiger partial charge in [0.25, 0.3) is 15.9 Å². The second-order valence-electron chi connectivity index (χ2n) is 7.99. The van der Waals surface area contributed by atoms with Crippen molar-refractivity contribution in [2.24, 2.45) is 0 Å². The van der Waals surface area contributed by atoms with Gasteiger partial charge in [0.15, 0.2) is 0 Å². The van der Waals surface area contributed by atoms with E-state index in [4.69, 9.17) is 4.74 Å². The normalized spacial score (nSPS) is 18.8. The number of hydrogen-bond donors (Lipinski definition) is 1. The number of anilines is 2. The van der Waals surface area contributed by atoms with Crippen molar-refractivity contribution in [2.75, 3.05) is 16.2 Å². The van der Waals surface area contributed by atoms with Crippen LogP contribution >= 0.6 is 0 Å². The van der Waals surface area contributed by atoms with Gasteiger partial charge in [-0.15, -0.1) is 6.58 Å². The number of ether oxygens (including phenoxy) is 1. The zero-order valence-electron chi connectivity index (χ0n) is 17.7. The van der Waals surface area contributed by atoms with E-state index in [1.54, 1.807) is 42.5 Å². The molecule has 0 fully saturated rings. The average molecular weight is 461 g/mol. The molecule has 3 aromatic carbocycles. The van der Waals surface area contributed by atoms with Crippen molar-refractivity contribution in [1.29, 1.82) is 0 Å². The number of sulfonamides is 1. The van der Waals surface area contributed by atoms with E-state index in [0.29, 0.717) is 16.8 Å². The Morgan fingerprint density at radius 3 is 2.48 bits per heavy atom. The number of esters is 1. The number of carbonyl (C=O) groups is 2. The van der Waals surface area contributed by atoms with Crippen molar-refractivity contribution in [2.45, 2.75) is 17.2 Å². The molecule has 5 rings (SSSR count). The van der Waals surface area contributed by atoms with Crippen molar-refractivity contribution < 1.29 is 22.7 Å². The van der Waals surface area contributed by atoms with Crippen LogP contribution in [0.4, 0.5) is 11.4 Å². The predicted molar refractivity (Wildman–Crippen MR) is 124 cm³/mol. The van der Waals surface area contributed by atoms with Crippen LogP contribution in [0.5, 0.6) is 5.75 Å². The molecule has 1 amide bonds. The van der Waals surface area contributed by atoms with Crippen LogP contribution in [-0.2, 0) is 25.0 Å². The predicted octanol–water partition coefficient (Wildman–Crippen LogP) is 3.53. The largest absolute Gasteiger partial charge is 0.425 e. The molecule has 0 saturated heterocycles. The molecular formula is C25H20N2O5S. The van der Waals surface area contributed by atoms with Gasteiger partial charge in [0, 0.05) is 29.0 Å². The van der Waals surface area contributed by atoms with Crippen molar-refractivity contribution in [3.63, 3.8) is 0 Å². The minimum absolute atomic E-state index is 0.107. The summed E-state index contributed by atoms with van der Waals surface area (Å²) < 4.78 is 33.8. The van der Waals surface area contributed by atoms with Crippen molar-refractivity contribution in [1.82, 2.24) is 0 Å². The van der Waals surface area contributed by atoms with E-state index < -0.39 is 27.3 Å². The van der Waals surface area contributed by atoms with Crippen molar-refractivity contribution in [3.05, 3.63) is 96.1 Å². The van der Waals surface area contributed by atoms with Gasteiger partial charge in [0.2, 0.25) is 5.41 Å². The number of hydrogen-bond acceptors (Lipinski definition) is 5. The van der Waals surface area contributed by atoms with E-state index in [9.17, 15) is 18.0 Å². The number of nitrogens with one attached hydrogen (secondary N) is 1. The monoisotopic (exact) mass is 460 g/mol. The van der Waals surface area contributed by atoms with Gasteiger partial charge in [-0.1, -0.05) is 42.0 Å². The Labute approximate surface area is 191 Å². The summed E-state index contributed by atoms with van der Waals surface area (Å²) in [6.45, 7) is 5.80. The lowest BCUT2D eigenvalue weighted by Crippen LogP contribution is -2.45. The number of fused-ring (bicyclic) bond motifs is 4. The van der Waals surface area contributed by atoms with Crippen LogP contribution in [0.15, 0.2) is 84.3 Å². The molecule has 2 aliphatic rings. The molecule has 0 unspecified atom stereocenters. The number of aryl methyl sites for hydroxylation is 1. The maximum Gasteiger partial charge on any atom is 0.336 e. The van der Waals surface area contributed by atoms with Crippen LogP contribution in [-0.4, -0.2) is 26.8 Å². The third-order valence-corrected chi connectivity index (χ3v) is 7.35. The summed E-state index contributed by atoms with van der Waals surface area (Å²) in [6, 6.07) is 18.0. The van der Waals surface area contributed by atoms with Crippen LogP contribution in [0.3, 0.4) is 0 Å². The Morgan fingerprint density at radius 2 is 1.76 bits per heavy atom. The summed E-state index contributed by atoms with van der Waals surface area (Å²) in [5.41, 5.74) is 0.865. The second-order valence-corrected chi connectivity index (χ2v) is 9.67. The molecule has 2 heterocycles. The summed E-state index contributed by atoms with van der Waals surface area (Å²) in [6.07, 6.45) is 1.58. The Kier molecular flexibility index (Phi) is 4.65. The fraction of sp³-hybridized carbons (Fsp3) is 0.120. The van der Waals surface area contributed by atoms with Gasteiger partial charge in [-0.05, 0) is 43.3 Å². The van der Waals surface area contributed by atoms with Crippen molar-refractivity contribution >= 4 is 33.3 Å². The van der Waals surface area contributed by atoms with Gasteiger partial charge >= 0.3 is 5.97 Å². The zero-order chi connectivity index (χ0) is 23.4. The molecule has 0 bridgehead atoms. The molecule has 0 aromatic heterocycles. The summed E-state index contributed by atoms with van der Waals surface area (Å²) in [4.78, 5) is 28.4. The molecule has 1 spiro atoms. The van der Waals surface area contributed by atoms with Crippen molar-refractivity contribution in [3.8, 4) is 5.75 Å². The molecule has 1 N–H and O–H groups in total. The van der Waals surface area contributed by atoms with E-state index in [2.05, 4.69) is 11.3 Å². The molecule has 0 aliphatic carbocycles. The average Bonchev–Trinajstić information content (AvgIpc) is 3.22. The number of rotatable bonds is 5. The lowest BCUT2D eigenvalue weighted by atomic mass is 9.76. The Morgan fingerprint density at radius 1 is 1.03 bits per heavy atom. The fourth-order valence-corrected chi connectivity index (χ4v) is 5.46. The molecule has 8 heteroatoms. The minimum atomic E-state index is -3.87. The highest BCUT2D eigenvalue weighted by Crippen LogP contribution is 2.53. The van der Waals surface area contributed by atoms with Gasteiger partial charge in [0.1, 0.15) is 5.75 Å². The fourth-order valence-electron chi connectivity index (χ4n) is 4.41. The van der Waals surface area contributed by atoms with E-state index in [1.807, 2.05) is 6.92 Å². The highest BCUT2D eigenvalue weighted by atomic mass is 32.2. The first-order chi connectivity index (χ1) is 15.8. The third-order valence-electron chi connectivity index (χ3n) is 5.95. The molecule has 7 nitrogen and oxygen atoms in total. The molecular weight excluding hydrogens is 440 g/mol. The quantitative estimate of drug-likeness (QED) is 0.272. The number of para-hydroxylation sites is 1. The molecule has 2 aliphatic heterocycles. The first kappa shape index (κ1) is 21.0. The highest BCUT2D eigenvalue weighted by Gasteiger charge is 2.63. The lowest BCUT2D eigenvalue weighted by molar-refractivity contribution is -0.141. The molecule has 3 aromatic rings. The van der Waals surface area contributed by atoms with Crippen LogP contribution in [0, 0.1) is 6.92 Å². The summed E-state index contributed by atoms with van der Waals surface area (Å²) in [5, 5.41) is 0. The van der Waals surface area contributed by atoms with Crippen LogP contribution in [0.2, 0.25) is 0 Å².